The van der Waals surface area contributed by atoms with E-state index in [0.29, 0.717) is 6.42 Å². The van der Waals surface area contributed by atoms with Gasteiger partial charge in [-0.25, -0.2) is 0 Å². The maximum Gasteiger partial charge on any atom is 0.231 e. The Bertz CT molecular complexity index is 1010. The van der Waals surface area contributed by atoms with Crippen molar-refractivity contribution in [1.82, 2.24) is 9.88 Å². The third-order valence-corrected chi connectivity index (χ3v) is 5.47. The van der Waals surface area contributed by atoms with Gasteiger partial charge in [0.05, 0.1) is 19.7 Å². The molecule has 5 nitrogen and oxygen atoms in total. The van der Waals surface area contributed by atoms with Gasteiger partial charge in [-0.3, -0.25) is 9.36 Å². The molecule has 0 spiro atoms. The van der Waals surface area contributed by atoms with Crippen molar-refractivity contribution in [2.45, 2.75) is 32.2 Å². The molecule has 1 N–H and O–H groups in total. The average molecular weight is 415 g/mol. The Morgan fingerprint density at radius 3 is 2.62 bits per heavy atom. The Morgan fingerprint density at radius 1 is 1.03 bits per heavy atom. The highest BCUT2D eigenvalue weighted by Crippen LogP contribution is 2.31. The van der Waals surface area contributed by atoms with E-state index >= 15 is 0 Å². The molecule has 4 rings (SSSR count). The second-order valence-corrected chi connectivity index (χ2v) is 7.14. The number of halogens is 1. The quantitative estimate of drug-likeness (QED) is 0.582. The first-order chi connectivity index (χ1) is 13.7. The van der Waals surface area contributed by atoms with E-state index in [2.05, 4.69) is 23.5 Å². The summed E-state index contributed by atoms with van der Waals surface area (Å²) in [6, 6.07) is 14.2. The van der Waals surface area contributed by atoms with Crippen molar-refractivity contribution in [1.29, 1.82) is 0 Å². The summed E-state index contributed by atoms with van der Waals surface area (Å²) in [4.78, 5) is 12.5. The van der Waals surface area contributed by atoms with E-state index in [4.69, 9.17) is 9.47 Å². The molecule has 0 saturated carbocycles. The molecule has 0 atom stereocenters. The van der Waals surface area contributed by atoms with Crippen molar-refractivity contribution in [3.05, 3.63) is 59.3 Å². The second-order valence-electron chi connectivity index (χ2n) is 7.14. The summed E-state index contributed by atoms with van der Waals surface area (Å²) >= 11 is 0. The first kappa shape index (κ1) is 21.2. The number of carbonyl (C=O) groups is 1. The molecule has 0 radical (unpaired) electrons. The number of fused-ring (bicyclic) bond motifs is 3. The van der Waals surface area contributed by atoms with E-state index in [9.17, 15) is 4.79 Å². The highest BCUT2D eigenvalue weighted by molar-refractivity contribution is 5.96. The fraction of sp³-hybridized carbons (Fsp3) is 0.348. The van der Waals surface area contributed by atoms with Crippen LogP contribution >= 0.6 is 12.4 Å². The number of methoxy groups -OCH3 is 2. The van der Waals surface area contributed by atoms with Crippen LogP contribution in [0.25, 0.3) is 10.9 Å². The second kappa shape index (κ2) is 9.33. The number of nitrogens with zero attached hydrogens (tertiary/aromatic N) is 1. The predicted molar refractivity (Wildman–Crippen MR) is 118 cm³/mol. The van der Waals surface area contributed by atoms with E-state index in [-0.39, 0.29) is 18.3 Å². The molecule has 29 heavy (non-hydrogen) atoms. The van der Waals surface area contributed by atoms with E-state index in [1.165, 1.54) is 16.6 Å². The molecular formula is C23H27ClN2O3. The van der Waals surface area contributed by atoms with Gasteiger partial charge >= 0.3 is 0 Å². The number of nitrogens with one attached hydrogen (secondary N) is 1. The summed E-state index contributed by atoms with van der Waals surface area (Å²) in [5, 5.41) is 4.73. The number of benzene rings is 2. The molecule has 6 heteroatoms. The molecule has 1 aliphatic heterocycles. The van der Waals surface area contributed by atoms with Crippen molar-refractivity contribution in [2.75, 3.05) is 20.8 Å². The zero-order chi connectivity index (χ0) is 19.5. The zero-order valence-corrected chi connectivity index (χ0v) is 17.7. The summed E-state index contributed by atoms with van der Waals surface area (Å²) in [7, 11) is 3.29. The molecule has 0 amide bonds. The van der Waals surface area contributed by atoms with Crippen LogP contribution in [0.5, 0.6) is 11.5 Å². The van der Waals surface area contributed by atoms with Gasteiger partial charge in [-0.2, -0.15) is 0 Å². The average Bonchev–Trinajstić information content (AvgIpc) is 3.06. The van der Waals surface area contributed by atoms with Crippen LogP contribution in [-0.2, 0) is 19.4 Å². The van der Waals surface area contributed by atoms with Crippen LogP contribution in [0.15, 0.2) is 42.5 Å². The largest absolute Gasteiger partial charge is 0.493 e. The van der Waals surface area contributed by atoms with Crippen LogP contribution in [0.3, 0.4) is 0 Å². The smallest absolute Gasteiger partial charge is 0.231 e. The first-order valence-corrected chi connectivity index (χ1v) is 9.79. The fourth-order valence-electron chi connectivity index (χ4n) is 4.14. The molecule has 0 fully saturated rings. The van der Waals surface area contributed by atoms with Crippen molar-refractivity contribution in [3.8, 4) is 11.5 Å². The lowest BCUT2D eigenvalue weighted by molar-refractivity contribution is 0.0889. The standard InChI is InChI=1S/C23H26N2O3.ClH/c1-27-21-11-10-16(14-22(21)28-2)15-24-13-12-18-17-6-3-4-7-19(17)25-20(18)8-5-9-23(25)26;/h3-4,6-7,10-11,14,24H,5,8-9,12-13,15H2,1-2H3;1H. The number of hydrogen-bond acceptors (Lipinski definition) is 4. The first-order valence-electron chi connectivity index (χ1n) is 9.79. The summed E-state index contributed by atoms with van der Waals surface area (Å²) in [5.74, 6) is 1.71. The van der Waals surface area contributed by atoms with Gasteiger partial charge in [0.25, 0.3) is 0 Å². The Labute approximate surface area is 177 Å². The summed E-state index contributed by atoms with van der Waals surface area (Å²) in [6.07, 6.45) is 3.47. The number of ether oxygens (including phenoxy) is 2. The lowest BCUT2D eigenvalue weighted by Crippen LogP contribution is -2.21. The number of rotatable bonds is 7. The maximum atomic E-state index is 12.5. The van der Waals surface area contributed by atoms with Gasteiger partial charge < -0.3 is 14.8 Å². The Balaban J connectivity index is 0.00000240. The third-order valence-electron chi connectivity index (χ3n) is 5.47. The van der Waals surface area contributed by atoms with Crippen LogP contribution in [0.2, 0.25) is 0 Å². The normalized spacial score (nSPS) is 13.1. The molecule has 3 aromatic rings. The van der Waals surface area contributed by atoms with Crippen LogP contribution < -0.4 is 14.8 Å². The molecule has 2 aromatic carbocycles. The molecule has 2 heterocycles. The van der Waals surface area contributed by atoms with Crippen molar-refractivity contribution < 1.29 is 14.3 Å². The van der Waals surface area contributed by atoms with Crippen LogP contribution in [0.4, 0.5) is 0 Å². The summed E-state index contributed by atoms with van der Waals surface area (Å²) < 4.78 is 12.6. The van der Waals surface area contributed by atoms with Crippen LogP contribution in [0, 0.1) is 0 Å². The monoisotopic (exact) mass is 414 g/mol. The molecule has 154 valence electrons. The van der Waals surface area contributed by atoms with Gasteiger partial charge in [-0.05, 0) is 55.1 Å². The summed E-state index contributed by atoms with van der Waals surface area (Å²) in [6.45, 7) is 1.61. The van der Waals surface area contributed by atoms with Gasteiger partial charge in [-0.1, -0.05) is 24.3 Å². The minimum Gasteiger partial charge on any atom is -0.493 e. The Hall–Kier alpha value is -2.50. The number of para-hydroxylation sites is 1. The van der Waals surface area contributed by atoms with Crippen molar-refractivity contribution in [2.24, 2.45) is 0 Å². The zero-order valence-electron chi connectivity index (χ0n) is 16.9. The Kier molecular flexibility index (Phi) is 6.83. The van der Waals surface area contributed by atoms with Crippen LogP contribution in [0.1, 0.15) is 34.5 Å². The highest BCUT2D eigenvalue weighted by atomic mass is 35.5. The maximum absolute atomic E-state index is 12.5. The highest BCUT2D eigenvalue weighted by Gasteiger charge is 2.23. The van der Waals surface area contributed by atoms with Gasteiger partial charge in [0, 0.05) is 24.0 Å². The summed E-state index contributed by atoms with van der Waals surface area (Å²) in [5.41, 5.74) is 4.71. The molecule has 0 aliphatic carbocycles. The van der Waals surface area contributed by atoms with E-state index in [1.807, 2.05) is 28.8 Å². The van der Waals surface area contributed by atoms with Gasteiger partial charge in [0.1, 0.15) is 0 Å². The SMILES string of the molecule is COc1ccc(CNCCc2c3n(c4ccccc24)C(=O)CCC3)cc1OC.Cl. The minimum absolute atomic E-state index is 0. The number of carbonyl (C=O) groups excluding carboxylic acids is 1. The Morgan fingerprint density at radius 2 is 1.83 bits per heavy atom. The fourth-order valence-corrected chi connectivity index (χ4v) is 4.14. The lowest BCUT2D eigenvalue weighted by Gasteiger charge is -2.16. The lowest BCUT2D eigenvalue weighted by atomic mass is 10.0. The molecular weight excluding hydrogens is 388 g/mol. The van der Waals surface area contributed by atoms with Gasteiger partial charge in [0.15, 0.2) is 11.5 Å². The van der Waals surface area contributed by atoms with Gasteiger partial charge in [-0.15, -0.1) is 12.4 Å². The third kappa shape index (κ3) is 4.11. The van der Waals surface area contributed by atoms with Crippen molar-refractivity contribution in [3.63, 3.8) is 0 Å². The van der Waals surface area contributed by atoms with Gasteiger partial charge in [0.2, 0.25) is 5.91 Å². The molecule has 1 aromatic heterocycles. The molecule has 1 aliphatic rings. The number of hydrogen-bond donors (Lipinski definition) is 1. The minimum atomic E-state index is 0. The van der Waals surface area contributed by atoms with E-state index < -0.39 is 0 Å². The van der Waals surface area contributed by atoms with Crippen LogP contribution in [-0.4, -0.2) is 31.2 Å². The number of aromatic nitrogens is 1. The topological polar surface area (TPSA) is 52.5 Å². The predicted octanol–water partition coefficient (Wildman–Crippen LogP) is 4.39. The van der Waals surface area contributed by atoms with E-state index in [1.54, 1.807) is 14.2 Å². The molecule has 0 bridgehead atoms. The van der Waals surface area contributed by atoms with E-state index in [0.717, 1.165) is 54.9 Å². The van der Waals surface area contributed by atoms with Crippen molar-refractivity contribution >= 4 is 29.2 Å². The molecule has 0 saturated heterocycles. The molecule has 0 unspecified atom stereocenters.